The van der Waals surface area contributed by atoms with Crippen LogP contribution in [-0.2, 0) is 9.84 Å². The lowest BCUT2D eigenvalue weighted by Gasteiger charge is -2.07. The molecule has 0 saturated heterocycles. The average molecular weight is 431 g/mol. The molecule has 1 amide bonds. The Bertz CT molecular complexity index is 1030. The minimum Gasteiger partial charge on any atom is -0.322 e. The second-order valence-corrected chi connectivity index (χ2v) is 8.47. The summed E-state index contributed by atoms with van der Waals surface area (Å²) in [6.07, 6.45) is 1.26. The maximum atomic E-state index is 12.6. The molecule has 132 valence electrons. The van der Waals surface area contributed by atoms with Crippen molar-refractivity contribution in [1.82, 2.24) is 4.98 Å². The van der Waals surface area contributed by atoms with E-state index in [4.69, 9.17) is 0 Å². The zero-order valence-corrected chi connectivity index (χ0v) is 16.2. The Morgan fingerprint density at radius 1 is 0.962 bits per heavy atom. The number of carbonyl (C=O) groups is 1. The molecule has 0 atom stereocenters. The monoisotopic (exact) mass is 430 g/mol. The van der Waals surface area contributed by atoms with Crippen LogP contribution in [0.2, 0.25) is 0 Å². The number of hydrogen-bond acceptors (Lipinski definition) is 4. The summed E-state index contributed by atoms with van der Waals surface area (Å²) in [5, 5.41) is 2.64. The van der Waals surface area contributed by atoms with Crippen molar-refractivity contribution in [2.45, 2.75) is 16.8 Å². The minimum absolute atomic E-state index is 0.0958. The predicted octanol–water partition coefficient (Wildman–Crippen LogP) is 4.24. The first-order valence-corrected chi connectivity index (χ1v) is 9.98. The third kappa shape index (κ3) is 4.00. The van der Waals surface area contributed by atoms with Crippen LogP contribution in [0.1, 0.15) is 15.9 Å². The van der Waals surface area contributed by atoms with Gasteiger partial charge in [0.15, 0.2) is 5.03 Å². The van der Waals surface area contributed by atoms with Crippen LogP contribution in [0.15, 0.2) is 81.3 Å². The topological polar surface area (TPSA) is 76.1 Å². The van der Waals surface area contributed by atoms with E-state index in [2.05, 4.69) is 26.2 Å². The van der Waals surface area contributed by atoms with E-state index in [1.165, 1.54) is 18.3 Å². The van der Waals surface area contributed by atoms with E-state index < -0.39 is 9.84 Å². The van der Waals surface area contributed by atoms with Gasteiger partial charge in [-0.25, -0.2) is 13.4 Å². The van der Waals surface area contributed by atoms with Crippen LogP contribution in [0.25, 0.3) is 0 Å². The SMILES string of the molecule is Cc1ccc(S(=O)(=O)c2ccc(C(=O)Nc3ccc(Br)cc3)cn2)cc1. The Balaban J connectivity index is 1.80. The number of aryl methyl sites for hydroxylation is 1. The predicted molar refractivity (Wildman–Crippen MR) is 103 cm³/mol. The van der Waals surface area contributed by atoms with E-state index in [1.54, 1.807) is 36.4 Å². The number of carbonyl (C=O) groups excluding carboxylic acids is 1. The highest BCUT2D eigenvalue weighted by Crippen LogP contribution is 2.20. The van der Waals surface area contributed by atoms with Gasteiger partial charge in [-0.1, -0.05) is 33.6 Å². The summed E-state index contributed by atoms with van der Waals surface area (Å²) >= 11 is 3.33. The van der Waals surface area contributed by atoms with E-state index in [0.29, 0.717) is 5.69 Å². The highest BCUT2D eigenvalue weighted by atomic mass is 79.9. The molecule has 0 aliphatic heterocycles. The smallest absolute Gasteiger partial charge is 0.257 e. The number of nitrogens with one attached hydrogen (secondary N) is 1. The van der Waals surface area contributed by atoms with E-state index in [0.717, 1.165) is 10.0 Å². The molecule has 1 N–H and O–H groups in total. The fraction of sp³-hybridized carbons (Fsp3) is 0.0526. The quantitative estimate of drug-likeness (QED) is 0.671. The first kappa shape index (κ1) is 18.3. The number of aromatic nitrogens is 1. The van der Waals surface area contributed by atoms with E-state index in [9.17, 15) is 13.2 Å². The van der Waals surface area contributed by atoms with Crippen molar-refractivity contribution in [2.24, 2.45) is 0 Å². The molecule has 3 rings (SSSR count). The van der Waals surface area contributed by atoms with Crippen molar-refractivity contribution < 1.29 is 13.2 Å². The molecule has 0 fully saturated rings. The van der Waals surface area contributed by atoms with Crippen molar-refractivity contribution in [1.29, 1.82) is 0 Å². The van der Waals surface area contributed by atoms with Gasteiger partial charge >= 0.3 is 0 Å². The minimum atomic E-state index is -3.71. The van der Waals surface area contributed by atoms with Crippen molar-refractivity contribution in [3.05, 3.63) is 82.5 Å². The highest BCUT2D eigenvalue weighted by molar-refractivity contribution is 9.10. The third-order valence-corrected chi connectivity index (χ3v) is 5.92. The maximum absolute atomic E-state index is 12.6. The summed E-state index contributed by atoms with van der Waals surface area (Å²) < 4.78 is 26.1. The van der Waals surface area contributed by atoms with Crippen LogP contribution in [-0.4, -0.2) is 19.3 Å². The summed E-state index contributed by atoms with van der Waals surface area (Å²) in [5.74, 6) is -0.362. The number of sulfone groups is 1. The summed E-state index contributed by atoms with van der Waals surface area (Å²) in [6, 6.07) is 16.5. The van der Waals surface area contributed by atoms with Crippen LogP contribution < -0.4 is 5.32 Å². The van der Waals surface area contributed by atoms with E-state index in [-0.39, 0.29) is 21.4 Å². The highest BCUT2D eigenvalue weighted by Gasteiger charge is 2.19. The van der Waals surface area contributed by atoms with Gasteiger partial charge in [0, 0.05) is 16.4 Å². The van der Waals surface area contributed by atoms with Crippen molar-refractivity contribution in [2.75, 3.05) is 5.32 Å². The number of nitrogens with zero attached hydrogens (tertiary/aromatic N) is 1. The van der Waals surface area contributed by atoms with Crippen LogP contribution in [0, 0.1) is 6.92 Å². The number of pyridine rings is 1. The molecule has 1 heterocycles. The fourth-order valence-electron chi connectivity index (χ4n) is 2.25. The van der Waals surface area contributed by atoms with Crippen LogP contribution >= 0.6 is 15.9 Å². The standard InChI is InChI=1S/C19H15BrN2O3S/c1-13-2-9-17(10-3-13)26(24,25)18-11-4-14(12-21-18)19(23)22-16-7-5-15(20)6-8-16/h2-12H,1H3,(H,22,23). The van der Waals surface area contributed by atoms with Crippen molar-refractivity contribution >= 4 is 37.4 Å². The second kappa shape index (κ2) is 7.39. The molecule has 2 aromatic carbocycles. The summed E-state index contributed by atoms with van der Waals surface area (Å²) in [6.45, 7) is 1.88. The molecule has 7 heteroatoms. The van der Waals surface area contributed by atoms with Crippen LogP contribution in [0.5, 0.6) is 0 Å². The van der Waals surface area contributed by atoms with Gasteiger partial charge in [-0.2, -0.15) is 0 Å². The average Bonchev–Trinajstić information content (AvgIpc) is 2.64. The lowest BCUT2D eigenvalue weighted by molar-refractivity contribution is 0.102. The molecule has 0 aliphatic carbocycles. The molecule has 3 aromatic rings. The third-order valence-electron chi connectivity index (χ3n) is 3.71. The molecular weight excluding hydrogens is 416 g/mol. The number of anilines is 1. The number of halogens is 1. The van der Waals surface area contributed by atoms with Gasteiger partial charge < -0.3 is 5.32 Å². The molecule has 26 heavy (non-hydrogen) atoms. The van der Waals surface area contributed by atoms with Gasteiger partial charge in [0.2, 0.25) is 9.84 Å². The van der Waals surface area contributed by atoms with Crippen molar-refractivity contribution in [3.8, 4) is 0 Å². The number of rotatable bonds is 4. The molecule has 0 radical (unpaired) electrons. The molecule has 0 aliphatic rings. The maximum Gasteiger partial charge on any atom is 0.257 e. The largest absolute Gasteiger partial charge is 0.322 e. The van der Waals surface area contributed by atoms with Gasteiger partial charge in [-0.3, -0.25) is 4.79 Å². The van der Waals surface area contributed by atoms with E-state index >= 15 is 0 Å². The fourth-order valence-corrected chi connectivity index (χ4v) is 3.69. The Labute approximate surface area is 160 Å². The van der Waals surface area contributed by atoms with Crippen molar-refractivity contribution in [3.63, 3.8) is 0 Å². The first-order valence-electron chi connectivity index (χ1n) is 7.71. The molecule has 0 bridgehead atoms. The summed E-state index contributed by atoms with van der Waals surface area (Å²) in [5.41, 5.74) is 1.88. The van der Waals surface area contributed by atoms with Crippen LogP contribution in [0.3, 0.4) is 0 Å². The van der Waals surface area contributed by atoms with Gasteiger partial charge in [-0.05, 0) is 55.5 Å². The molecule has 0 unspecified atom stereocenters. The van der Waals surface area contributed by atoms with Gasteiger partial charge in [0.05, 0.1) is 10.5 Å². The Morgan fingerprint density at radius 3 is 2.19 bits per heavy atom. The number of amides is 1. The molecule has 1 aromatic heterocycles. The first-order chi connectivity index (χ1) is 12.4. The zero-order valence-electron chi connectivity index (χ0n) is 13.8. The Kier molecular flexibility index (Phi) is 5.20. The normalized spacial score (nSPS) is 11.2. The number of benzene rings is 2. The van der Waals surface area contributed by atoms with E-state index in [1.807, 2.05) is 19.1 Å². The summed E-state index contributed by atoms with van der Waals surface area (Å²) in [4.78, 5) is 16.4. The number of hydrogen-bond donors (Lipinski definition) is 1. The van der Waals surface area contributed by atoms with Gasteiger partial charge in [0.25, 0.3) is 5.91 Å². The molecule has 0 spiro atoms. The Morgan fingerprint density at radius 2 is 1.62 bits per heavy atom. The Hall–Kier alpha value is -2.51. The molecular formula is C19H15BrN2O3S. The molecule has 5 nitrogen and oxygen atoms in total. The summed E-state index contributed by atoms with van der Waals surface area (Å²) in [7, 11) is -3.71. The second-order valence-electron chi connectivity index (χ2n) is 5.66. The van der Waals surface area contributed by atoms with Gasteiger partial charge in [-0.15, -0.1) is 0 Å². The molecule has 0 saturated carbocycles. The lowest BCUT2D eigenvalue weighted by Crippen LogP contribution is -2.13. The lowest BCUT2D eigenvalue weighted by atomic mass is 10.2. The van der Waals surface area contributed by atoms with Crippen LogP contribution in [0.4, 0.5) is 5.69 Å². The zero-order chi connectivity index (χ0) is 18.7. The van der Waals surface area contributed by atoms with Gasteiger partial charge in [0.1, 0.15) is 0 Å².